The molecule has 0 spiro atoms. The van der Waals surface area contributed by atoms with Gasteiger partial charge >= 0.3 is 21.8 Å². The zero-order valence-corrected chi connectivity index (χ0v) is 12.4. The first-order valence-corrected chi connectivity index (χ1v) is 8.01. The average molecular weight is 376 g/mol. The van der Waals surface area contributed by atoms with Gasteiger partial charge in [0.2, 0.25) is 0 Å². The molecule has 11 heteroatoms. The quantitative estimate of drug-likeness (QED) is 0.445. The van der Waals surface area contributed by atoms with Crippen LogP contribution in [0, 0.1) is 0 Å². The molecule has 0 atom stereocenters. The highest BCUT2D eigenvalue weighted by Gasteiger charge is 2.48. The van der Waals surface area contributed by atoms with E-state index in [0.717, 1.165) is 17.4 Å². The van der Waals surface area contributed by atoms with Crippen LogP contribution in [-0.4, -0.2) is 13.9 Å². The Hall–Kier alpha value is -1.75. The fourth-order valence-electron chi connectivity index (χ4n) is 1.58. The molecule has 1 heterocycles. The van der Waals surface area contributed by atoms with Gasteiger partial charge in [0.15, 0.2) is 0 Å². The van der Waals surface area contributed by atoms with Crippen molar-refractivity contribution in [3.05, 3.63) is 40.6 Å². The molecule has 2 aromatic rings. The molecule has 2 rings (SSSR count). The van der Waals surface area contributed by atoms with E-state index in [1.54, 1.807) is 5.38 Å². The summed E-state index contributed by atoms with van der Waals surface area (Å²) in [5.41, 5.74) is -6.90. The molecule has 0 saturated heterocycles. The van der Waals surface area contributed by atoms with Crippen molar-refractivity contribution in [3.8, 4) is 16.9 Å². The highest BCUT2D eigenvalue weighted by molar-refractivity contribution is 7.88. The smallest absolute Gasteiger partial charge is 0.376 e. The first kappa shape index (κ1) is 17.6. The Morgan fingerprint density at radius 2 is 1.61 bits per heavy atom. The van der Waals surface area contributed by atoms with Gasteiger partial charge in [-0.05, 0) is 46.2 Å². The molecule has 0 unspecified atom stereocenters. The first-order chi connectivity index (χ1) is 10.4. The maximum atomic E-state index is 12.8. The van der Waals surface area contributed by atoms with Crippen LogP contribution in [0.4, 0.5) is 26.3 Å². The van der Waals surface area contributed by atoms with Crippen LogP contribution in [0.25, 0.3) is 11.1 Å². The molecule has 0 aliphatic carbocycles. The maximum Gasteiger partial charge on any atom is 0.534 e. The van der Waals surface area contributed by atoms with Crippen molar-refractivity contribution in [1.82, 2.24) is 0 Å². The normalized spacial score (nSPS) is 13.1. The van der Waals surface area contributed by atoms with E-state index in [9.17, 15) is 34.8 Å². The summed E-state index contributed by atoms with van der Waals surface area (Å²) >= 11 is 1.15. The molecular formula is C12H6F6O3S2. The number of rotatable bonds is 3. The molecule has 126 valence electrons. The Bertz CT molecular complexity index is 791. The van der Waals surface area contributed by atoms with Crippen molar-refractivity contribution >= 4 is 21.5 Å². The largest absolute Gasteiger partial charge is 0.534 e. The summed E-state index contributed by atoms with van der Waals surface area (Å²) in [6.45, 7) is 0. The van der Waals surface area contributed by atoms with Crippen LogP contribution in [0.3, 0.4) is 0 Å². The minimum Gasteiger partial charge on any atom is -0.376 e. The van der Waals surface area contributed by atoms with E-state index >= 15 is 0 Å². The Morgan fingerprint density at radius 3 is 2.09 bits per heavy atom. The van der Waals surface area contributed by atoms with E-state index in [1.807, 2.05) is 0 Å². The van der Waals surface area contributed by atoms with E-state index in [-0.39, 0.29) is 17.2 Å². The van der Waals surface area contributed by atoms with Gasteiger partial charge in [0.1, 0.15) is 5.75 Å². The van der Waals surface area contributed by atoms with E-state index < -0.39 is 33.1 Å². The minimum atomic E-state index is -6.06. The monoisotopic (exact) mass is 376 g/mol. The molecule has 0 radical (unpaired) electrons. The second-order valence-electron chi connectivity index (χ2n) is 4.24. The Morgan fingerprint density at radius 1 is 0.957 bits per heavy atom. The molecule has 0 bridgehead atoms. The summed E-state index contributed by atoms with van der Waals surface area (Å²) in [7, 11) is -6.06. The Labute approximate surface area is 130 Å². The highest BCUT2D eigenvalue weighted by atomic mass is 32.2. The standard InChI is InChI=1S/C12H6F6O3S2/c13-11(14,15)9-3-8(7-1-2-22-6-7)4-10(5-9)21-23(19,20)12(16,17)18/h1-6H. The predicted octanol–water partition coefficient (Wildman–Crippen LogP) is 4.66. The van der Waals surface area contributed by atoms with Crippen LogP contribution in [0.2, 0.25) is 0 Å². The fourth-order valence-corrected chi connectivity index (χ4v) is 2.69. The van der Waals surface area contributed by atoms with E-state index in [0.29, 0.717) is 6.07 Å². The van der Waals surface area contributed by atoms with Gasteiger partial charge in [-0.25, -0.2) is 0 Å². The summed E-state index contributed by atoms with van der Waals surface area (Å²) in [5.74, 6) is -1.07. The lowest BCUT2D eigenvalue weighted by Crippen LogP contribution is -2.28. The highest BCUT2D eigenvalue weighted by Crippen LogP contribution is 2.37. The zero-order valence-electron chi connectivity index (χ0n) is 10.8. The third-order valence-corrected chi connectivity index (χ3v) is 4.24. The molecule has 23 heavy (non-hydrogen) atoms. The average Bonchev–Trinajstić information content (AvgIpc) is 2.89. The molecule has 0 saturated carbocycles. The lowest BCUT2D eigenvalue weighted by molar-refractivity contribution is -0.137. The summed E-state index contributed by atoms with van der Waals surface area (Å²) < 4.78 is 101. The minimum absolute atomic E-state index is 0.117. The van der Waals surface area contributed by atoms with Gasteiger partial charge in [-0.15, -0.1) is 0 Å². The third-order valence-electron chi connectivity index (χ3n) is 2.58. The van der Waals surface area contributed by atoms with Crippen LogP contribution < -0.4 is 4.18 Å². The SMILES string of the molecule is O=S(=O)(Oc1cc(-c2ccsc2)cc(C(F)(F)F)c1)C(F)(F)F. The van der Waals surface area contributed by atoms with Gasteiger partial charge in [0.25, 0.3) is 0 Å². The van der Waals surface area contributed by atoms with Crippen molar-refractivity contribution < 1.29 is 38.9 Å². The molecule has 0 N–H and O–H groups in total. The molecule has 0 amide bonds. The van der Waals surface area contributed by atoms with E-state index in [2.05, 4.69) is 4.18 Å². The molecular weight excluding hydrogens is 370 g/mol. The van der Waals surface area contributed by atoms with Crippen LogP contribution in [-0.2, 0) is 16.3 Å². The van der Waals surface area contributed by atoms with Crippen LogP contribution in [0.1, 0.15) is 5.56 Å². The summed E-state index contributed by atoms with van der Waals surface area (Å²) in [5, 5.41) is 3.00. The first-order valence-electron chi connectivity index (χ1n) is 5.66. The number of benzene rings is 1. The summed E-state index contributed by atoms with van der Waals surface area (Å²) in [6.07, 6.45) is -4.88. The topological polar surface area (TPSA) is 43.4 Å². The van der Waals surface area contributed by atoms with E-state index in [1.165, 1.54) is 11.4 Å². The third kappa shape index (κ3) is 3.96. The molecule has 0 fully saturated rings. The number of hydrogen-bond acceptors (Lipinski definition) is 4. The van der Waals surface area contributed by atoms with Crippen LogP contribution in [0.15, 0.2) is 35.0 Å². The molecule has 0 aliphatic rings. The van der Waals surface area contributed by atoms with Gasteiger partial charge in [-0.3, -0.25) is 0 Å². The maximum absolute atomic E-state index is 12.8. The second-order valence-corrected chi connectivity index (χ2v) is 6.56. The number of hydrogen-bond donors (Lipinski definition) is 0. The van der Waals surface area contributed by atoms with Gasteiger partial charge in [0, 0.05) is 0 Å². The summed E-state index contributed by atoms with van der Waals surface area (Å²) in [6, 6.07) is 3.11. The van der Waals surface area contributed by atoms with Gasteiger partial charge < -0.3 is 4.18 Å². The molecule has 1 aromatic carbocycles. The number of thiophene rings is 1. The number of alkyl halides is 6. The van der Waals surface area contributed by atoms with Crippen LogP contribution in [0.5, 0.6) is 5.75 Å². The summed E-state index contributed by atoms with van der Waals surface area (Å²) in [4.78, 5) is 0. The van der Waals surface area contributed by atoms with Crippen molar-refractivity contribution in [1.29, 1.82) is 0 Å². The lowest BCUT2D eigenvalue weighted by atomic mass is 10.1. The van der Waals surface area contributed by atoms with Gasteiger partial charge in [0.05, 0.1) is 5.56 Å². The second kappa shape index (κ2) is 5.71. The molecule has 0 aliphatic heterocycles. The van der Waals surface area contributed by atoms with Gasteiger partial charge in [-0.2, -0.15) is 46.1 Å². The predicted molar refractivity (Wildman–Crippen MR) is 70.4 cm³/mol. The number of halogens is 6. The van der Waals surface area contributed by atoms with Crippen molar-refractivity contribution in [2.75, 3.05) is 0 Å². The van der Waals surface area contributed by atoms with Crippen molar-refractivity contribution in [2.45, 2.75) is 11.7 Å². The van der Waals surface area contributed by atoms with Crippen molar-refractivity contribution in [3.63, 3.8) is 0 Å². The Balaban J connectivity index is 2.54. The van der Waals surface area contributed by atoms with Crippen molar-refractivity contribution in [2.24, 2.45) is 0 Å². The lowest BCUT2D eigenvalue weighted by Gasteiger charge is -2.13. The van der Waals surface area contributed by atoms with Crippen LogP contribution >= 0.6 is 11.3 Å². The molecule has 1 aromatic heterocycles. The van der Waals surface area contributed by atoms with E-state index in [4.69, 9.17) is 0 Å². The fraction of sp³-hybridized carbons (Fsp3) is 0.167. The Kier molecular flexibility index (Phi) is 4.37. The zero-order chi connectivity index (χ0) is 17.5. The molecule has 3 nitrogen and oxygen atoms in total. The van der Waals surface area contributed by atoms with Gasteiger partial charge in [-0.1, -0.05) is 0 Å².